The highest BCUT2D eigenvalue weighted by molar-refractivity contribution is 5.99. The first-order valence-corrected chi connectivity index (χ1v) is 10.8. The lowest BCUT2D eigenvalue weighted by molar-refractivity contribution is 0.0955. The number of amides is 1. The predicted molar refractivity (Wildman–Crippen MR) is 130 cm³/mol. The zero-order valence-corrected chi connectivity index (χ0v) is 18.6. The van der Waals surface area contributed by atoms with Crippen molar-refractivity contribution < 1.29 is 9.53 Å². The summed E-state index contributed by atoms with van der Waals surface area (Å²) < 4.78 is 5.17. The van der Waals surface area contributed by atoms with Crippen molar-refractivity contribution in [1.29, 1.82) is 0 Å². The molecule has 168 valence electrons. The van der Waals surface area contributed by atoms with E-state index in [0.29, 0.717) is 40.9 Å². The molecule has 4 aromatic rings. The Hall–Kier alpha value is -4.13. The molecule has 4 rings (SSSR count). The Balaban J connectivity index is 1.42. The van der Waals surface area contributed by atoms with E-state index in [1.54, 1.807) is 19.2 Å². The number of carbonyl (C=O) groups is 1. The maximum Gasteiger partial charge on any atom is 0.258 e. The number of hydrogen-bond donors (Lipinski definition) is 3. The molecular formula is C26H26N4O3. The lowest BCUT2D eigenvalue weighted by Gasteiger charge is -2.13. The van der Waals surface area contributed by atoms with E-state index in [1.807, 2.05) is 61.5 Å². The third-order valence-corrected chi connectivity index (χ3v) is 5.46. The molecule has 3 aromatic carbocycles. The minimum atomic E-state index is -0.176. The number of benzene rings is 3. The molecule has 0 fully saturated rings. The molecule has 0 radical (unpaired) electrons. The molecule has 0 aliphatic carbocycles. The van der Waals surface area contributed by atoms with Crippen molar-refractivity contribution in [1.82, 2.24) is 15.3 Å². The van der Waals surface area contributed by atoms with Gasteiger partial charge in [0.05, 0.1) is 30.1 Å². The number of aromatic amines is 1. The van der Waals surface area contributed by atoms with E-state index in [-0.39, 0.29) is 18.0 Å². The van der Waals surface area contributed by atoms with E-state index >= 15 is 0 Å². The van der Waals surface area contributed by atoms with Crippen LogP contribution in [-0.2, 0) is 13.0 Å². The van der Waals surface area contributed by atoms with Crippen molar-refractivity contribution in [3.63, 3.8) is 0 Å². The first-order chi connectivity index (χ1) is 16.0. The fourth-order valence-electron chi connectivity index (χ4n) is 3.66. The lowest BCUT2D eigenvalue weighted by atomic mass is 10.1. The molecule has 3 N–H and O–H groups in total. The number of nitrogens with zero attached hydrogens (tertiary/aromatic N) is 1. The molecule has 1 heterocycles. The van der Waals surface area contributed by atoms with E-state index in [4.69, 9.17) is 4.74 Å². The summed E-state index contributed by atoms with van der Waals surface area (Å²) in [4.78, 5) is 32.6. The van der Waals surface area contributed by atoms with E-state index in [0.717, 1.165) is 16.9 Å². The summed E-state index contributed by atoms with van der Waals surface area (Å²) >= 11 is 0. The maximum atomic E-state index is 12.8. The van der Waals surface area contributed by atoms with Gasteiger partial charge in [-0.3, -0.25) is 9.59 Å². The van der Waals surface area contributed by atoms with Gasteiger partial charge in [-0.15, -0.1) is 0 Å². The Bertz CT molecular complexity index is 1330. The highest BCUT2D eigenvalue weighted by Crippen LogP contribution is 2.17. The number of methoxy groups -OCH3 is 1. The monoisotopic (exact) mass is 442 g/mol. The Kier molecular flexibility index (Phi) is 6.69. The first-order valence-electron chi connectivity index (χ1n) is 10.8. The quantitative estimate of drug-likeness (QED) is 0.386. The molecule has 0 spiro atoms. The van der Waals surface area contributed by atoms with Crippen molar-refractivity contribution >= 4 is 22.5 Å². The van der Waals surface area contributed by atoms with Gasteiger partial charge >= 0.3 is 0 Å². The van der Waals surface area contributed by atoms with Crippen molar-refractivity contribution in [3.05, 3.63) is 99.6 Å². The smallest absolute Gasteiger partial charge is 0.258 e. The molecule has 7 heteroatoms. The number of hydrogen-bond acceptors (Lipinski definition) is 5. The number of anilines is 1. The molecule has 33 heavy (non-hydrogen) atoms. The summed E-state index contributed by atoms with van der Waals surface area (Å²) in [5, 5.41) is 6.77. The lowest BCUT2D eigenvalue weighted by Crippen LogP contribution is -2.26. The largest absolute Gasteiger partial charge is 0.497 e. The van der Waals surface area contributed by atoms with E-state index in [9.17, 15) is 9.59 Å². The van der Waals surface area contributed by atoms with Crippen molar-refractivity contribution in [2.75, 3.05) is 19.0 Å². The third-order valence-electron chi connectivity index (χ3n) is 5.46. The summed E-state index contributed by atoms with van der Waals surface area (Å²) in [6.07, 6.45) is 0.715. The molecule has 0 aliphatic rings. The minimum Gasteiger partial charge on any atom is -0.497 e. The van der Waals surface area contributed by atoms with Gasteiger partial charge in [0.2, 0.25) is 0 Å². The maximum absolute atomic E-state index is 12.8. The second kappa shape index (κ2) is 9.99. The summed E-state index contributed by atoms with van der Waals surface area (Å²) in [5.41, 5.74) is 3.77. The number of para-hydroxylation sites is 2. The zero-order chi connectivity index (χ0) is 23.2. The Morgan fingerprint density at radius 2 is 1.82 bits per heavy atom. The molecule has 0 unspecified atom stereocenters. The number of nitrogens with one attached hydrogen (secondary N) is 3. The van der Waals surface area contributed by atoms with Crippen LogP contribution in [0, 0.1) is 6.92 Å². The van der Waals surface area contributed by atoms with Crippen LogP contribution in [-0.4, -0.2) is 29.5 Å². The van der Waals surface area contributed by atoms with Gasteiger partial charge < -0.3 is 20.4 Å². The zero-order valence-electron chi connectivity index (χ0n) is 18.6. The highest BCUT2D eigenvalue weighted by atomic mass is 16.5. The normalized spacial score (nSPS) is 10.7. The van der Waals surface area contributed by atoms with E-state index in [2.05, 4.69) is 20.6 Å². The number of aromatic nitrogens is 2. The third kappa shape index (κ3) is 5.20. The Morgan fingerprint density at radius 3 is 2.61 bits per heavy atom. The molecule has 0 aliphatic heterocycles. The highest BCUT2D eigenvalue weighted by Gasteiger charge is 2.12. The van der Waals surface area contributed by atoms with Crippen LogP contribution < -0.4 is 20.9 Å². The van der Waals surface area contributed by atoms with Crippen LogP contribution in [0.5, 0.6) is 5.75 Å². The van der Waals surface area contributed by atoms with Gasteiger partial charge in [0, 0.05) is 12.2 Å². The van der Waals surface area contributed by atoms with Gasteiger partial charge in [0.1, 0.15) is 11.6 Å². The van der Waals surface area contributed by atoms with Gasteiger partial charge in [0.15, 0.2) is 0 Å². The van der Waals surface area contributed by atoms with Gasteiger partial charge in [-0.05, 0) is 54.8 Å². The van der Waals surface area contributed by atoms with Gasteiger partial charge in [-0.2, -0.15) is 0 Å². The number of rotatable bonds is 8. The second-order valence-electron chi connectivity index (χ2n) is 7.74. The standard InChI is InChI=1S/C26H26N4O3/c1-17-6-5-8-21-24(17)29-23(30-26(21)32)16-28-22-9-4-3-7-20(22)25(31)27-15-14-18-10-12-19(33-2)13-11-18/h3-13,28H,14-16H2,1-2H3,(H,27,31)(H,29,30,32). The molecule has 0 saturated heterocycles. The molecule has 1 amide bonds. The van der Waals surface area contributed by atoms with Gasteiger partial charge in [0.25, 0.3) is 11.5 Å². The van der Waals surface area contributed by atoms with Crippen LogP contribution in [0.25, 0.3) is 10.9 Å². The Labute approximate surface area is 191 Å². The summed E-state index contributed by atoms with van der Waals surface area (Å²) in [6, 6.07) is 20.6. The van der Waals surface area contributed by atoms with Crippen LogP contribution in [0.2, 0.25) is 0 Å². The van der Waals surface area contributed by atoms with E-state index in [1.165, 1.54) is 0 Å². The van der Waals surface area contributed by atoms with Crippen LogP contribution in [0.4, 0.5) is 5.69 Å². The molecular weight excluding hydrogens is 416 g/mol. The topological polar surface area (TPSA) is 96.1 Å². The van der Waals surface area contributed by atoms with Gasteiger partial charge in [-0.25, -0.2) is 4.98 Å². The fourth-order valence-corrected chi connectivity index (χ4v) is 3.66. The predicted octanol–water partition coefficient (Wildman–Crippen LogP) is 3.82. The minimum absolute atomic E-state index is 0.164. The van der Waals surface area contributed by atoms with Crippen LogP contribution >= 0.6 is 0 Å². The van der Waals surface area contributed by atoms with Crippen molar-refractivity contribution in [3.8, 4) is 5.75 Å². The molecule has 1 aromatic heterocycles. The van der Waals surface area contributed by atoms with Crippen molar-refractivity contribution in [2.24, 2.45) is 0 Å². The SMILES string of the molecule is COc1ccc(CCNC(=O)c2ccccc2NCc2nc3c(C)cccc3c(=O)[nH]2)cc1. The van der Waals surface area contributed by atoms with Crippen LogP contribution in [0.15, 0.2) is 71.5 Å². The molecule has 7 nitrogen and oxygen atoms in total. The van der Waals surface area contributed by atoms with Crippen molar-refractivity contribution in [2.45, 2.75) is 19.9 Å². The van der Waals surface area contributed by atoms with Gasteiger partial charge in [-0.1, -0.05) is 36.4 Å². The molecule has 0 atom stereocenters. The fraction of sp³-hybridized carbons (Fsp3) is 0.192. The Morgan fingerprint density at radius 1 is 1.03 bits per heavy atom. The number of aryl methyl sites for hydroxylation is 1. The van der Waals surface area contributed by atoms with E-state index < -0.39 is 0 Å². The molecule has 0 saturated carbocycles. The number of ether oxygens (including phenoxy) is 1. The van der Waals surface area contributed by atoms with Crippen LogP contribution in [0.3, 0.4) is 0 Å². The summed E-state index contributed by atoms with van der Waals surface area (Å²) in [5.74, 6) is 1.15. The number of H-pyrrole nitrogens is 1. The number of fused-ring (bicyclic) bond motifs is 1. The average molecular weight is 443 g/mol. The van der Waals surface area contributed by atoms with Crippen LogP contribution in [0.1, 0.15) is 27.3 Å². The first kappa shape index (κ1) is 22.1. The molecule has 0 bridgehead atoms. The second-order valence-corrected chi connectivity index (χ2v) is 7.74. The number of carbonyl (C=O) groups excluding carboxylic acids is 1. The summed E-state index contributed by atoms with van der Waals surface area (Å²) in [7, 11) is 1.63. The average Bonchev–Trinajstić information content (AvgIpc) is 2.84. The summed E-state index contributed by atoms with van der Waals surface area (Å²) in [6.45, 7) is 2.73.